The molecule has 1 heterocycles. The highest BCUT2D eigenvalue weighted by atomic mass is 19.1. The number of carboxylic acid groups (broad SMARTS) is 1. The molecule has 0 saturated carbocycles. The van der Waals surface area contributed by atoms with Gasteiger partial charge in [-0.1, -0.05) is 0 Å². The van der Waals surface area contributed by atoms with Gasteiger partial charge in [0.2, 0.25) is 5.91 Å². The SMILES string of the molecule is Cn1c(=O)cc(NCCC(=O)NCCC(=O)O)n(Cc2cc(F)ccc2C#N)c1=O. The third-order valence-electron chi connectivity index (χ3n) is 4.23. The maximum absolute atomic E-state index is 13.6. The summed E-state index contributed by atoms with van der Waals surface area (Å²) in [6.45, 7) is -0.123. The van der Waals surface area contributed by atoms with Crippen LogP contribution >= 0.6 is 0 Å². The first-order valence-corrected chi connectivity index (χ1v) is 8.94. The van der Waals surface area contributed by atoms with Crippen molar-refractivity contribution >= 4 is 17.7 Å². The van der Waals surface area contributed by atoms with Crippen molar-refractivity contribution in [2.45, 2.75) is 19.4 Å². The number of carbonyl (C=O) groups is 2. The number of aliphatic carboxylic acids is 1. The van der Waals surface area contributed by atoms with Gasteiger partial charge in [-0.3, -0.25) is 23.5 Å². The predicted molar refractivity (Wildman–Crippen MR) is 105 cm³/mol. The van der Waals surface area contributed by atoms with E-state index < -0.39 is 28.9 Å². The molecule has 0 aliphatic carbocycles. The quantitative estimate of drug-likeness (QED) is 0.520. The van der Waals surface area contributed by atoms with Crippen molar-refractivity contribution in [2.75, 3.05) is 18.4 Å². The zero-order valence-electron chi connectivity index (χ0n) is 16.1. The Labute approximate surface area is 170 Å². The highest BCUT2D eigenvalue weighted by Crippen LogP contribution is 2.14. The first-order valence-electron chi connectivity index (χ1n) is 8.94. The number of anilines is 1. The molecular weight excluding hydrogens is 397 g/mol. The van der Waals surface area contributed by atoms with Crippen LogP contribution in [0.15, 0.2) is 33.9 Å². The number of halogens is 1. The summed E-state index contributed by atoms with van der Waals surface area (Å²) in [6, 6.07) is 6.65. The molecule has 0 saturated heterocycles. The van der Waals surface area contributed by atoms with Gasteiger partial charge in [-0.25, -0.2) is 9.18 Å². The van der Waals surface area contributed by atoms with Gasteiger partial charge in [-0.2, -0.15) is 5.26 Å². The van der Waals surface area contributed by atoms with Crippen LogP contribution in [0.2, 0.25) is 0 Å². The molecule has 0 bridgehead atoms. The number of rotatable bonds is 9. The molecule has 2 aromatic rings. The van der Waals surface area contributed by atoms with E-state index in [1.165, 1.54) is 17.7 Å². The molecule has 0 radical (unpaired) electrons. The van der Waals surface area contributed by atoms with Gasteiger partial charge in [-0.05, 0) is 23.8 Å². The minimum absolute atomic E-state index is 0.0126. The second kappa shape index (κ2) is 10.0. The molecule has 11 heteroatoms. The molecule has 2 rings (SSSR count). The molecule has 0 aliphatic heterocycles. The van der Waals surface area contributed by atoms with Gasteiger partial charge in [0, 0.05) is 32.6 Å². The van der Waals surface area contributed by atoms with Crippen LogP contribution in [-0.2, 0) is 23.2 Å². The van der Waals surface area contributed by atoms with Crippen LogP contribution in [0.3, 0.4) is 0 Å². The molecule has 0 unspecified atom stereocenters. The summed E-state index contributed by atoms with van der Waals surface area (Å²) in [5.74, 6) is -1.91. The van der Waals surface area contributed by atoms with Gasteiger partial charge in [0.25, 0.3) is 5.56 Å². The van der Waals surface area contributed by atoms with Crippen LogP contribution in [0.1, 0.15) is 24.0 Å². The van der Waals surface area contributed by atoms with E-state index in [-0.39, 0.29) is 49.4 Å². The van der Waals surface area contributed by atoms with Crippen LogP contribution in [0, 0.1) is 17.1 Å². The number of carbonyl (C=O) groups excluding carboxylic acids is 1. The Bertz CT molecular complexity index is 1120. The summed E-state index contributed by atoms with van der Waals surface area (Å²) in [5.41, 5.74) is -0.818. The van der Waals surface area contributed by atoms with Gasteiger partial charge in [-0.15, -0.1) is 0 Å². The predicted octanol–water partition coefficient (Wildman–Crippen LogP) is -0.00102. The molecule has 1 aromatic carbocycles. The molecule has 1 amide bonds. The number of nitrogens with zero attached hydrogens (tertiary/aromatic N) is 3. The van der Waals surface area contributed by atoms with E-state index in [1.54, 1.807) is 0 Å². The number of hydrogen-bond donors (Lipinski definition) is 3. The van der Waals surface area contributed by atoms with Crippen molar-refractivity contribution in [2.24, 2.45) is 7.05 Å². The molecule has 0 spiro atoms. The van der Waals surface area contributed by atoms with Gasteiger partial charge in [0.1, 0.15) is 11.6 Å². The average Bonchev–Trinajstić information content (AvgIpc) is 2.69. The minimum atomic E-state index is -1.04. The number of hydrogen-bond acceptors (Lipinski definition) is 6. The molecule has 3 N–H and O–H groups in total. The molecule has 30 heavy (non-hydrogen) atoms. The van der Waals surface area contributed by atoms with Crippen LogP contribution in [0.5, 0.6) is 0 Å². The topological polar surface area (TPSA) is 146 Å². The highest BCUT2D eigenvalue weighted by molar-refractivity contribution is 5.77. The monoisotopic (exact) mass is 417 g/mol. The lowest BCUT2D eigenvalue weighted by Gasteiger charge is -2.16. The summed E-state index contributed by atoms with van der Waals surface area (Å²) in [4.78, 5) is 46.8. The van der Waals surface area contributed by atoms with Crippen molar-refractivity contribution < 1.29 is 19.1 Å². The van der Waals surface area contributed by atoms with Crippen LogP contribution in [-0.4, -0.2) is 39.2 Å². The fourth-order valence-electron chi connectivity index (χ4n) is 2.64. The molecular formula is C19H20FN5O5. The van der Waals surface area contributed by atoms with Crippen molar-refractivity contribution in [1.82, 2.24) is 14.5 Å². The Morgan fingerprint density at radius 3 is 2.60 bits per heavy atom. The van der Waals surface area contributed by atoms with Crippen LogP contribution < -0.4 is 21.9 Å². The Morgan fingerprint density at radius 1 is 1.20 bits per heavy atom. The highest BCUT2D eigenvalue weighted by Gasteiger charge is 2.13. The number of benzene rings is 1. The maximum atomic E-state index is 13.6. The normalized spacial score (nSPS) is 10.3. The van der Waals surface area contributed by atoms with E-state index in [0.717, 1.165) is 22.8 Å². The van der Waals surface area contributed by atoms with Gasteiger partial charge >= 0.3 is 11.7 Å². The minimum Gasteiger partial charge on any atom is -0.481 e. The zero-order chi connectivity index (χ0) is 22.3. The van der Waals surface area contributed by atoms with E-state index >= 15 is 0 Å². The maximum Gasteiger partial charge on any atom is 0.332 e. The third kappa shape index (κ3) is 5.78. The molecule has 158 valence electrons. The van der Waals surface area contributed by atoms with Gasteiger partial charge in [0.05, 0.1) is 24.6 Å². The lowest BCUT2D eigenvalue weighted by Crippen LogP contribution is -2.39. The zero-order valence-corrected chi connectivity index (χ0v) is 16.1. The summed E-state index contributed by atoms with van der Waals surface area (Å²) in [5, 5.41) is 23.0. The molecule has 1 aromatic heterocycles. The third-order valence-corrected chi connectivity index (χ3v) is 4.23. The summed E-state index contributed by atoms with van der Waals surface area (Å²) in [7, 11) is 1.29. The second-order valence-electron chi connectivity index (χ2n) is 6.38. The number of nitriles is 1. The first-order chi connectivity index (χ1) is 14.2. The van der Waals surface area contributed by atoms with E-state index in [2.05, 4.69) is 10.6 Å². The van der Waals surface area contributed by atoms with Gasteiger partial charge < -0.3 is 15.7 Å². The first kappa shape index (κ1) is 22.4. The number of amides is 1. The fraction of sp³-hybridized carbons (Fsp3) is 0.316. The largest absolute Gasteiger partial charge is 0.481 e. The van der Waals surface area contributed by atoms with E-state index in [4.69, 9.17) is 5.11 Å². The van der Waals surface area contributed by atoms with Crippen molar-refractivity contribution in [1.29, 1.82) is 5.26 Å². The standard InChI is InChI=1S/C19H20FN5O5/c1-24-17(27)9-15(22-6-4-16(26)23-7-5-18(28)29)25(19(24)30)11-13-8-14(20)3-2-12(13)10-21/h2-3,8-9,22H,4-7,11H2,1H3,(H,23,26)(H,28,29). The smallest absolute Gasteiger partial charge is 0.332 e. The van der Waals surface area contributed by atoms with Crippen molar-refractivity contribution in [3.63, 3.8) is 0 Å². The Morgan fingerprint density at radius 2 is 1.93 bits per heavy atom. The molecule has 0 aliphatic rings. The van der Waals surface area contributed by atoms with Gasteiger partial charge in [0.15, 0.2) is 0 Å². The molecule has 0 fully saturated rings. The fourth-order valence-corrected chi connectivity index (χ4v) is 2.64. The summed E-state index contributed by atoms with van der Waals surface area (Å²) < 4.78 is 15.7. The molecule has 0 atom stereocenters. The van der Waals surface area contributed by atoms with Crippen LogP contribution in [0.4, 0.5) is 10.2 Å². The second-order valence-corrected chi connectivity index (χ2v) is 6.38. The number of aromatic nitrogens is 2. The van der Waals surface area contributed by atoms with Crippen molar-refractivity contribution in [3.05, 3.63) is 62.0 Å². The van der Waals surface area contributed by atoms with E-state index in [1.807, 2.05) is 6.07 Å². The number of carboxylic acids is 1. The van der Waals surface area contributed by atoms with E-state index in [9.17, 15) is 28.8 Å². The average molecular weight is 417 g/mol. The lowest BCUT2D eigenvalue weighted by atomic mass is 10.1. The number of nitrogens with one attached hydrogen (secondary N) is 2. The van der Waals surface area contributed by atoms with Crippen molar-refractivity contribution in [3.8, 4) is 6.07 Å². The summed E-state index contributed by atoms with van der Waals surface area (Å²) >= 11 is 0. The Kier molecular flexibility index (Phi) is 7.46. The van der Waals surface area contributed by atoms with E-state index in [0.29, 0.717) is 0 Å². The van der Waals surface area contributed by atoms with Crippen LogP contribution in [0.25, 0.3) is 0 Å². The molecule has 10 nitrogen and oxygen atoms in total. The Balaban J connectivity index is 2.21. The Hall–Kier alpha value is -3.94. The summed E-state index contributed by atoms with van der Waals surface area (Å²) in [6.07, 6.45) is -0.241. The lowest BCUT2D eigenvalue weighted by molar-refractivity contribution is -0.136.